The number of phosphoric ester groups is 1. The first kappa shape index (κ1) is 19.4. The van der Waals surface area contributed by atoms with E-state index >= 15 is 0 Å². The molecule has 0 amide bonds. The molecule has 0 saturated heterocycles. The van der Waals surface area contributed by atoms with Crippen molar-refractivity contribution in [2.75, 3.05) is 7.11 Å². The molecule has 0 fully saturated rings. The van der Waals surface area contributed by atoms with E-state index in [4.69, 9.17) is 19.6 Å². The highest BCUT2D eigenvalue weighted by Crippen LogP contribution is 2.66. The van der Waals surface area contributed by atoms with Crippen LogP contribution in [0.5, 0.6) is 0 Å². The number of phosphoric acid groups is 3. The Kier molecular flexibility index (Phi) is 7.54. The molecule has 0 aliphatic carbocycles. The lowest BCUT2D eigenvalue weighted by atomic mass is 10.3. The molecule has 0 heterocycles. The Balaban J connectivity index is 4.71. The molecule has 11 nitrogen and oxygen atoms in total. The molecule has 0 aliphatic heterocycles. The zero-order chi connectivity index (χ0) is 15.3. The van der Waals surface area contributed by atoms with Crippen LogP contribution in [-0.4, -0.2) is 33.0 Å². The molecule has 14 heteroatoms. The Morgan fingerprint density at radius 2 is 1.53 bits per heavy atom. The van der Waals surface area contributed by atoms with Crippen molar-refractivity contribution in [2.24, 2.45) is 0 Å². The average Bonchev–Trinajstić information content (AvgIpc) is 2.10. The van der Waals surface area contributed by atoms with E-state index in [2.05, 4.69) is 17.9 Å². The number of ether oxygens (including phenoxy) is 1. The summed E-state index contributed by atoms with van der Waals surface area (Å²) in [5.74, 6) is 0. The molecular weight excluding hydrogens is 329 g/mol. The van der Waals surface area contributed by atoms with E-state index in [1.165, 1.54) is 0 Å². The highest BCUT2D eigenvalue weighted by Gasteiger charge is 2.41. The van der Waals surface area contributed by atoms with Gasteiger partial charge < -0.3 is 24.3 Å². The Labute approximate surface area is 108 Å². The van der Waals surface area contributed by atoms with Crippen LogP contribution in [0.25, 0.3) is 0 Å². The molecule has 2 unspecified atom stereocenters. The molecule has 4 N–H and O–H groups in total. The predicted octanol–water partition coefficient (Wildman–Crippen LogP) is 1.10. The number of hydrogen-bond donors (Lipinski definition) is 4. The van der Waals surface area contributed by atoms with Crippen molar-refractivity contribution in [2.45, 2.75) is 26.1 Å². The lowest BCUT2D eigenvalue weighted by Crippen LogP contribution is -2.14. The quantitative estimate of drug-likeness (QED) is 0.349. The van der Waals surface area contributed by atoms with Gasteiger partial charge in [-0.05, 0) is 6.42 Å². The molecule has 0 saturated carbocycles. The normalized spacial score (nSPS) is 20.5. The van der Waals surface area contributed by atoms with E-state index < -0.39 is 29.8 Å². The second kappa shape index (κ2) is 7.40. The third kappa shape index (κ3) is 9.84. The minimum absolute atomic E-state index is 0.180. The molecule has 19 heavy (non-hydrogen) atoms. The summed E-state index contributed by atoms with van der Waals surface area (Å²) in [7, 11) is -14.8. The summed E-state index contributed by atoms with van der Waals surface area (Å²) in [6.07, 6.45) is -0.510. The van der Waals surface area contributed by atoms with E-state index in [9.17, 15) is 13.7 Å². The second-order valence-electron chi connectivity index (χ2n) is 3.15. The fraction of sp³-hybridized carbons (Fsp3) is 1.00. The minimum Gasteiger partial charge on any atom is -0.355 e. The molecule has 116 valence electrons. The van der Waals surface area contributed by atoms with Gasteiger partial charge >= 0.3 is 23.5 Å². The van der Waals surface area contributed by atoms with Crippen molar-refractivity contribution < 1.29 is 51.2 Å². The first-order valence-electron chi connectivity index (χ1n) is 4.76. The van der Waals surface area contributed by atoms with E-state index in [0.717, 1.165) is 7.11 Å². The van der Waals surface area contributed by atoms with E-state index in [0.29, 0.717) is 6.42 Å². The van der Waals surface area contributed by atoms with Crippen LogP contribution in [0.4, 0.5) is 0 Å². The maximum Gasteiger partial charge on any atom is 0.490 e. The fourth-order valence-electron chi connectivity index (χ4n) is 0.897. The van der Waals surface area contributed by atoms with Gasteiger partial charge in [-0.3, -0.25) is 4.52 Å². The van der Waals surface area contributed by atoms with Gasteiger partial charge in [-0.1, -0.05) is 13.3 Å². The predicted molar refractivity (Wildman–Crippen MR) is 60.7 cm³/mol. The number of hydrogen-bond acceptors (Lipinski definition) is 7. The van der Waals surface area contributed by atoms with Crippen LogP contribution in [0, 0.1) is 0 Å². The third-order valence-electron chi connectivity index (χ3n) is 1.45. The summed E-state index contributed by atoms with van der Waals surface area (Å²) in [5.41, 5.74) is 0. The summed E-state index contributed by atoms with van der Waals surface area (Å²) in [6, 6.07) is 0. The van der Waals surface area contributed by atoms with Crippen LogP contribution < -0.4 is 0 Å². The molecule has 0 aromatic rings. The average molecular weight is 344 g/mol. The molecule has 0 spiro atoms. The standard InChI is InChI=1S/C5H15O11P3/c1-3-4-5(13-2)14-18(9,10)16-19(11,12)15-17(6,7)8/h5H,3-4H2,1-2H3,(H,9,10)(H,11,12)(H2,6,7,8)/t5-/m1/s1. The zero-order valence-corrected chi connectivity index (χ0v) is 12.7. The van der Waals surface area contributed by atoms with Gasteiger partial charge in [0.2, 0.25) is 0 Å². The topological polar surface area (TPSA) is 169 Å². The molecule has 0 radical (unpaired) electrons. The van der Waals surface area contributed by atoms with E-state index in [-0.39, 0.29) is 6.42 Å². The molecule has 0 aliphatic rings. The zero-order valence-electron chi connectivity index (χ0n) is 9.98. The molecule has 0 aromatic heterocycles. The maximum atomic E-state index is 11.3. The van der Waals surface area contributed by atoms with Gasteiger partial charge in [-0.25, -0.2) is 13.7 Å². The van der Waals surface area contributed by atoms with E-state index in [1.54, 1.807) is 6.92 Å². The summed E-state index contributed by atoms with van der Waals surface area (Å²) < 4.78 is 48.7. The van der Waals surface area contributed by atoms with Crippen molar-refractivity contribution in [3.05, 3.63) is 0 Å². The Hall–Kier alpha value is 0.370. The Morgan fingerprint density at radius 1 is 1.00 bits per heavy atom. The van der Waals surface area contributed by atoms with Crippen LogP contribution in [0.1, 0.15) is 19.8 Å². The number of methoxy groups -OCH3 is 1. The van der Waals surface area contributed by atoms with Crippen molar-refractivity contribution in [3.63, 3.8) is 0 Å². The third-order valence-corrected chi connectivity index (χ3v) is 5.28. The second-order valence-corrected chi connectivity index (χ2v) is 7.52. The van der Waals surface area contributed by atoms with Crippen molar-refractivity contribution >= 4 is 23.5 Å². The summed E-state index contributed by atoms with van der Waals surface area (Å²) in [6.45, 7) is 1.71. The fourth-order valence-corrected chi connectivity index (χ4v) is 4.05. The van der Waals surface area contributed by atoms with Crippen LogP contribution in [0.15, 0.2) is 0 Å². The molecule has 3 atom stereocenters. The van der Waals surface area contributed by atoms with E-state index in [1.807, 2.05) is 0 Å². The minimum atomic E-state index is -5.48. The van der Waals surface area contributed by atoms with Crippen LogP contribution in [0.2, 0.25) is 0 Å². The van der Waals surface area contributed by atoms with Crippen LogP contribution >= 0.6 is 23.5 Å². The van der Waals surface area contributed by atoms with Crippen LogP contribution in [-0.2, 0) is 31.6 Å². The Bertz CT molecular complexity index is 415. The summed E-state index contributed by atoms with van der Waals surface area (Å²) >= 11 is 0. The molecule has 0 rings (SSSR count). The SMILES string of the molecule is CCC[C@H](OC)OP(=O)(O)OP(=O)(O)OP(=O)(O)O. The number of rotatable bonds is 9. The Morgan fingerprint density at radius 3 is 1.89 bits per heavy atom. The van der Waals surface area contributed by atoms with Gasteiger partial charge in [0.05, 0.1) is 0 Å². The monoisotopic (exact) mass is 344 g/mol. The maximum absolute atomic E-state index is 11.3. The lowest BCUT2D eigenvalue weighted by molar-refractivity contribution is -0.0721. The van der Waals surface area contributed by atoms with Crippen molar-refractivity contribution in [1.82, 2.24) is 0 Å². The van der Waals surface area contributed by atoms with Gasteiger partial charge in [-0.2, -0.15) is 8.62 Å². The summed E-state index contributed by atoms with van der Waals surface area (Å²) in [5, 5.41) is 0. The van der Waals surface area contributed by atoms with Gasteiger partial charge in [0.1, 0.15) is 0 Å². The first-order valence-corrected chi connectivity index (χ1v) is 9.28. The molecular formula is C5H15O11P3. The van der Waals surface area contributed by atoms with Crippen LogP contribution in [0.3, 0.4) is 0 Å². The highest BCUT2D eigenvalue weighted by atomic mass is 31.3. The van der Waals surface area contributed by atoms with Gasteiger partial charge in [0.15, 0.2) is 6.29 Å². The summed E-state index contributed by atoms with van der Waals surface area (Å²) in [4.78, 5) is 34.6. The highest BCUT2D eigenvalue weighted by molar-refractivity contribution is 7.66. The largest absolute Gasteiger partial charge is 0.490 e. The lowest BCUT2D eigenvalue weighted by Gasteiger charge is -2.20. The van der Waals surface area contributed by atoms with Crippen molar-refractivity contribution in [3.8, 4) is 0 Å². The molecule has 0 bridgehead atoms. The van der Waals surface area contributed by atoms with Gasteiger partial charge in [0, 0.05) is 7.11 Å². The molecule has 0 aromatic carbocycles. The van der Waals surface area contributed by atoms with Gasteiger partial charge in [-0.15, -0.1) is 0 Å². The van der Waals surface area contributed by atoms with Crippen molar-refractivity contribution in [1.29, 1.82) is 0 Å². The smallest absolute Gasteiger partial charge is 0.355 e. The first-order chi connectivity index (χ1) is 8.41. The van der Waals surface area contributed by atoms with Gasteiger partial charge in [0.25, 0.3) is 0 Å².